The molecule has 5 nitrogen and oxygen atoms in total. The van der Waals surface area contributed by atoms with Crippen molar-refractivity contribution in [1.82, 2.24) is 15.0 Å². The molecule has 18 heavy (non-hydrogen) atoms. The molecule has 0 bridgehead atoms. The number of hydrogen-bond donors (Lipinski definition) is 1. The lowest BCUT2D eigenvalue weighted by molar-refractivity contribution is 0.218. The number of thiophene rings is 1. The van der Waals surface area contributed by atoms with Crippen LogP contribution in [0.1, 0.15) is 12.2 Å². The molecule has 1 N–H and O–H groups in total. The van der Waals surface area contributed by atoms with E-state index in [1.807, 2.05) is 16.8 Å². The van der Waals surface area contributed by atoms with Crippen LogP contribution in [0.5, 0.6) is 0 Å². The Morgan fingerprint density at radius 1 is 1.56 bits per heavy atom. The third-order valence-electron chi connectivity index (χ3n) is 3.23. The fraction of sp³-hybridized carbons (Fsp3) is 0.500. The second kappa shape index (κ2) is 5.17. The Hall–Kier alpha value is -1.24. The van der Waals surface area contributed by atoms with E-state index in [1.54, 1.807) is 11.3 Å². The lowest BCUT2D eigenvalue weighted by Crippen LogP contribution is -2.21. The number of hydrogen-bond acceptors (Lipinski definition) is 6. The average molecular weight is 265 g/mol. The molecule has 1 unspecified atom stereocenters. The Morgan fingerprint density at radius 2 is 2.50 bits per heavy atom. The zero-order chi connectivity index (χ0) is 12.4. The standard InChI is InChI=1S/C12H15N3O2S/c16-7-9-1-3-15(5-9)6-11-13-12(17-14-11)10-2-4-18-8-10/h2,4,8-9,16H,1,3,5-7H2. The van der Waals surface area contributed by atoms with Crippen LogP contribution in [0.4, 0.5) is 0 Å². The van der Waals surface area contributed by atoms with E-state index in [9.17, 15) is 0 Å². The first-order chi connectivity index (χ1) is 8.85. The topological polar surface area (TPSA) is 62.4 Å². The number of likely N-dealkylation sites (tertiary alicyclic amines) is 1. The Balaban J connectivity index is 1.64. The Kier molecular flexibility index (Phi) is 3.40. The van der Waals surface area contributed by atoms with E-state index in [-0.39, 0.29) is 6.61 Å². The third-order valence-corrected chi connectivity index (χ3v) is 3.91. The predicted octanol–water partition coefficient (Wildman–Crippen LogP) is 1.61. The van der Waals surface area contributed by atoms with Crippen molar-refractivity contribution in [1.29, 1.82) is 0 Å². The van der Waals surface area contributed by atoms with Gasteiger partial charge in [0.2, 0.25) is 0 Å². The van der Waals surface area contributed by atoms with Crippen LogP contribution in [0, 0.1) is 5.92 Å². The summed E-state index contributed by atoms with van der Waals surface area (Å²) in [5.41, 5.74) is 0.980. The number of aliphatic hydroxyl groups is 1. The number of aliphatic hydroxyl groups excluding tert-OH is 1. The van der Waals surface area contributed by atoms with E-state index in [0.717, 1.165) is 30.9 Å². The monoisotopic (exact) mass is 265 g/mol. The largest absolute Gasteiger partial charge is 0.396 e. The van der Waals surface area contributed by atoms with Crippen molar-refractivity contribution in [3.63, 3.8) is 0 Å². The molecular weight excluding hydrogens is 250 g/mol. The molecule has 3 rings (SSSR count). The molecule has 0 amide bonds. The lowest BCUT2D eigenvalue weighted by atomic mass is 10.1. The molecule has 2 aromatic rings. The zero-order valence-corrected chi connectivity index (χ0v) is 10.8. The maximum absolute atomic E-state index is 9.10. The van der Waals surface area contributed by atoms with Crippen LogP contribution in [0.25, 0.3) is 11.5 Å². The minimum Gasteiger partial charge on any atom is -0.396 e. The summed E-state index contributed by atoms with van der Waals surface area (Å²) in [6.07, 6.45) is 1.05. The van der Waals surface area contributed by atoms with Crippen LogP contribution in [-0.2, 0) is 6.54 Å². The summed E-state index contributed by atoms with van der Waals surface area (Å²) in [5.74, 6) is 1.70. The van der Waals surface area contributed by atoms with Gasteiger partial charge in [-0.1, -0.05) is 5.16 Å². The highest BCUT2D eigenvalue weighted by Crippen LogP contribution is 2.21. The fourth-order valence-corrected chi connectivity index (χ4v) is 2.86. The molecule has 6 heteroatoms. The van der Waals surface area contributed by atoms with Crippen LogP contribution >= 0.6 is 11.3 Å². The van der Waals surface area contributed by atoms with Crippen molar-refractivity contribution in [2.75, 3.05) is 19.7 Å². The van der Waals surface area contributed by atoms with Crippen molar-refractivity contribution in [3.8, 4) is 11.5 Å². The highest BCUT2D eigenvalue weighted by Gasteiger charge is 2.23. The van der Waals surface area contributed by atoms with Crippen molar-refractivity contribution in [2.45, 2.75) is 13.0 Å². The third kappa shape index (κ3) is 2.45. The normalized spacial score (nSPS) is 20.6. The summed E-state index contributed by atoms with van der Waals surface area (Å²) in [7, 11) is 0. The first-order valence-corrected chi connectivity index (χ1v) is 6.98. The molecule has 1 fully saturated rings. The van der Waals surface area contributed by atoms with E-state index < -0.39 is 0 Å². The zero-order valence-electron chi connectivity index (χ0n) is 9.95. The summed E-state index contributed by atoms with van der Waals surface area (Å²) in [4.78, 5) is 6.64. The first-order valence-electron chi connectivity index (χ1n) is 6.03. The maximum atomic E-state index is 9.10. The summed E-state index contributed by atoms with van der Waals surface area (Å²) in [6, 6.07) is 1.97. The van der Waals surface area contributed by atoms with Gasteiger partial charge in [-0.05, 0) is 30.3 Å². The van der Waals surface area contributed by atoms with Gasteiger partial charge in [0.25, 0.3) is 5.89 Å². The molecule has 1 saturated heterocycles. The van der Waals surface area contributed by atoms with E-state index in [2.05, 4.69) is 15.0 Å². The van der Waals surface area contributed by atoms with Crippen molar-refractivity contribution in [3.05, 3.63) is 22.7 Å². The van der Waals surface area contributed by atoms with Gasteiger partial charge in [-0.3, -0.25) is 4.90 Å². The van der Waals surface area contributed by atoms with Gasteiger partial charge in [0.05, 0.1) is 12.1 Å². The van der Waals surface area contributed by atoms with E-state index >= 15 is 0 Å². The van der Waals surface area contributed by atoms with Crippen LogP contribution < -0.4 is 0 Å². The van der Waals surface area contributed by atoms with Gasteiger partial charge in [0, 0.05) is 18.5 Å². The summed E-state index contributed by atoms with van der Waals surface area (Å²) in [6.45, 7) is 2.87. The number of aromatic nitrogens is 2. The molecule has 1 aliphatic rings. The van der Waals surface area contributed by atoms with Gasteiger partial charge in [-0.15, -0.1) is 0 Å². The van der Waals surface area contributed by atoms with Gasteiger partial charge >= 0.3 is 0 Å². The SMILES string of the molecule is OCC1CCN(Cc2noc(-c3ccsc3)n2)C1. The van der Waals surface area contributed by atoms with E-state index in [4.69, 9.17) is 9.63 Å². The predicted molar refractivity (Wildman–Crippen MR) is 68.1 cm³/mol. The van der Waals surface area contributed by atoms with Crippen LogP contribution in [0.3, 0.4) is 0 Å². The molecule has 0 saturated carbocycles. The maximum Gasteiger partial charge on any atom is 0.258 e. The molecule has 0 spiro atoms. The molecule has 0 aliphatic carbocycles. The van der Waals surface area contributed by atoms with E-state index in [1.165, 1.54) is 0 Å². The first kappa shape index (κ1) is 11.8. The van der Waals surface area contributed by atoms with Gasteiger partial charge in [-0.25, -0.2) is 0 Å². The van der Waals surface area contributed by atoms with Gasteiger partial charge < -0.3 is 9.63 Å². The highest BCUT2D eigenvalue weighted by atomic mass is 32.1. The van der Waals surface area contributed by atoms with Crippen molar-refractivity contribution >= 4 is 11.3 Å². The Labute approximate surface area is 109 Å². The second-order valence-electron chi connectivity index (χ2n) is 4.60. The molecule has 96 valence electrons. The van der Waals surface area contributed by atoms with Crippen LogP contribution in [0.15, 0.2) is 21.3 Å². The quantitative estimate of drug-likeness (QED) is 0.910. The highest BCUT2D eigenvalue weighted by molar-refractivity contribution is 7.08. The second-order valence-corrected chi connectivity index (χ2v) is 5.38. The van der Waals surface area contributed by atoms with Crippen LogP contribution in [-0.4, -0.2) is 39.8 Å². The van der Waals surface area contributed by atoms with Crippen LogP contribution in [0.2, 0.25) is 0 Å². The fourth-order valence-electron chi connectivity index (χ4n) is 2.23. The summed E-state index contributed by atoms with van der Waals surface area (Å²) in [5, 5.41) is 17.1. The summed E-state index contributed by atoms with van der Waals surface area (Å²) < 4.78 is 5.24. The van der Waals surface area contributed by atoms with Gasteiger partial charge in [0.1, 0.15) is 0 Å². The minimum absolute atomic E-state index is 0.267. The molecule has 0 radical (unpaired) electrons. The summed E-state index contributed by atoms with van der Waals surface area (Å²) >= 11 is 1.61. The van der Waals surface area contributed by atoms with Crippen molar-refractivity contribution < 1.29 is 9.63 Å². The molecule has 2 aromatic heterocycles. The molecule has 1 aliphatic heterocycles. The Bertz CT molecular complexity index is 497. The lowest BCUT2D eigenvalue weighted by Gasteiger charge is -2.12. The number of nitrogens with zero attached hydrogens (tertiary/aromatic N) is 3. The van der Waals surface area contributed by atoms with E-state index in [0.29, 0.717) is 18.4 Å². The molecule has 3 heterocycles. The van der Waals surface area contributed by atoms with Gasteiger partial charge in [-0.2, -0.15) is 16.3 Å². The van der Waals surface area contributed by atoms with Crippen molar-refractivity contribution in [2.24, 2.45) is 5.92 Å². The van der Waals surface area contributed by atoms with Gasteiger partial charge in [0.15, 0.2) is 5.82 Å². The number of rotatable bonds is 4. The smallest absolute Gasteiger partial charge is 0.258 e. The molecule has 1 atom stereocenters. The molecule has 0 aromatic carbocycles. The molecular formula is C12H15N3O2S. The minimum atomic E-state index is 0.267. The average Bonchev–Trinajstić information content (AvgIpc) is 3.10. The Morgan fingerprint density at radius 3 is 3.22 bits per heavy atom.